The van der Waals surface area contributed by atoms with Crippen LogP contribution in [0.25, 0.3) is 100 Å². The Morgan fingerprint density at radius 2 is 0.868 bits per heavy atom. The Labute approximate surface area is 306 Å². The first-order valence-corrected chi connectivity index (χ1v) is 17.8. The van der Waals surface area contributed by atoms with Gasteiger partial charge in [0.25, 0.3) is 0 Å². The van der Waals surface area contributed by atoms with Gasteiger partial charge in [0, 0.05) is 33.0 Å². The van der Waals surface area contributed by atoms with Gasteiger partial charge in [0.2, 0.25) is 0 Å². The van der Waals surface area contributed by atoms with Crippen molar-refractivity contribution in [2.24, 2.45) is 0 Å². The van der Waals surface area contributed by atoms with E-state index in [1.165, 1.54) is 16.3 Å². The van der Waals surface area contributed by atoms with Crippen LogP contribution in [0, 0.1) is 0 Å². The highest BCUT2D eigenvalue weighted by molar-refractivity contribution is 6.15. The number of para-hydroxylation sites is 1. The first kappa shape index (κ1) is 30.6. The van der Waals surface area contributed by atoms with Crippen molar-refractivity contribution in [3.05, 3.63) is 188 Å². The molecule has 0 saturated carbocycles. The lowest BCUT2D eigenvalue weighted by Gasteiger charge is -2.10. The van der Waals surface area contributed by atoms with E-state index in [0.29, 0.717) is 17.5 Å². The molecule has 248 valence electrons. The highest BCUT2D eigenvalue weighted by atomic mass is 16.3. The average Bonchev–Trinajstić information content (AvgIpc) is 3.63. The first-order chi connectivity index (χ1) is 26.2. The second-order valence-corrected chi connectivity index (χ2v) is 13.2. The molecule has 2 aromatic heterocycles. The van der Waals surface area contributed by atoms with E-state index in [-0.39, 0.29) is 0 Å². The molecule has 0 aliphatic heterocycles. The molecule has 0 spiro atoms. The molecule has 53 heavy (non-hydrogen) atoms. The maximum absolute atomic E-state index is 6.62. The third-order valence-electron chi connectivity index (χ3n) is 9.93. The molecule has 0 aliphatic carbocycles. The number of benzene rings is 8. The minimum absolute atomic E-state index is 0.609. The zero-order valence-corrected chi connectivity index (χ0v) is 28.6. The lowest BCUT2D eigenvalue weighted by atomic mass is 9.97. The van der Waals surface area contributed by atoms with E-state index in [1.54, 1.807) is 0 Å². The highest BCUT2D eigenvalue weighted by Crippen LogP contribution is 2.41. The van der Waals surface area contributed by atoms with E-state index in [1.807, 2.05) is 42.5 Å². The summed E-state index contributed by atoms with van der Waals surface area (Å²) < 4.78 is 6.62. The van der Waals surface area contributed by atoms with Crippen molar-refractivity contribution in [2.45, 2.75) is 0 Å². The molecule has 0 saturated heterocycles. The maximum Gasteiger partial charge on any atom is 0.164 e. The SMILES string of the molecule is c1ccc(-c2nc(-c3ccc(-c4ccc5ccccc5c4)cc3)nc(-c3cccc(-c4cccc5c4oc4cccc(-c6ccccc6)c45)c3)n2)cc1. The third kappa shape index (κ3) is 5.63. The van der Waals surface area contributed by atoms with Gasteiger partial charge >= 0.3 is 0 Å². The molecular weight excluding hydrogens is 647 g/mol. The molecule has 2 heterocycles. The van der Waals surface area contributed by atoms with Crippen LogP contribution >= 0.6 is 0 Å². The number of fused-ring (bicyclic) bond motifs is 4. The van der Waals surface area contributed by atoms with Gasteiger partial charge in [-0.2, -0.15) is 0 Å². The van der Waals surface area contributed by atoms with Gasteiger partial charge in [0.15, 0.2) is 17.5 Å². The minimum atomic E-state index is 0.609. The predicted molar refractivity (Wildman–Crippen MR) is 217 cm³/mol. The Morgan fingerprint density at radius 1 is 0.321 bits per heavy atom. The second kappa shape index (κ2) is 12.9. The van der Waals surface area contributed by atoms with Gasteiger partial charge in [-0.1, -0.05) is 170 Å². The van der Waals surface area contributed by atoms with E-state index in [4.69, 9.17) is 19.4 Å². The van der Waals surface area contributed by atoms with Crippen molar-refractivity contribution in [2.75, 3.05) is 0 Å². The summed E-state index contributed by atoms with van der Waals surface area (Å²) in [6, 6.07) is 65.1. The van der Waals surface area contributed by atoms with Crippen molar-refractivity contribution in [3.63, 3.8) is 0 Å². The molecule has 10 rings (SSSR count). The number of hydrogen-bond acceptors (Lipinski definition) is 4. The number of nitrogens with zero attached hydrogens (tertiary/aromatic N) is 3. The van der Waals surface area contributed by atoms with E-state index in [2.05, 4.69) is 146 Å². The molecule has 0 N–H and O–H groups in total. The van der Waals surface area contributed by atoms with Gasteiger partial charge in [-0.25, -0.2) is 15.0 Å². The van der Waals surface area contributed by atoms with Gasteiger partial charge in [0.1, 0.15) is 11.2 Å². The van der Waals surface area contributed by atoms with Gasteiger partial charge in [-0.15, -0.1) is 0 Å². The molecule has 10 aromatic rings. The molecule has 0 fully saturated rings. The van der Waals surface area contributed by atoms with E-state index in [0.717, 1.165) is 66.4 Å². The Kier molecular flexibility index (Phi) is 7.43. The minimum Gasteiger partial charge on any atom is -0.455 e. The van der Waals surface area contributed by atoms with Crippen molar-refractivity contribution in [1.82, 2.24) is 15.0 Å². The number of furan rings is 1. The molecule has 4 nitrogen and oxygen atoms in total. The second-order valence-electron chi connectivity index (χ2n) is 13.2. The molecule has 0 unspecified atom stereocenters. The van der Waals surface area contributed by atoms with Crippen LogP contribution in [0.1, 0.15) is 0 Å². The third-order valence-corrected chi connectivity index (χ3v) is 9.93. The van der Waals surface area contributed by atoms with Crippen LogP contribution in [0.4, 0.5) is 0 Å². The molecule has 0 aliphatic rings. The fourth-order valence-corrected chi connectivity index (χ4v) is 7.29. The molecular formula is C49H31N3O. The topological polar surface area (TPSA) is 51.8 Å². The fraction of sp³-hybridized carbons (Fsp3) is 0. The molecule has 4 heteroatoms. The quantitative estimate of drug-likeness (QED) is 0.176. The Balaban J connectivity index is 1.07. The molecule has 0 amide bonds. The molecule has 0 atom stereocenters. The molecule has 0 bridgehead atoms. The Hall–Kier alpha value is -7.17. The van der Waals surface area contributed by atoms with E-state index < -0.39 is 0 Å². The van der Waals surface area contributed by atoms with Crippen LogP contribution in [0.3, 0.4) is 0 Å². The number of hydrogen-bond donors (Lipinski definition) is 0. The Morgan fingerprint density at radius 3 is 1.64 bits per heavy atom. The van der Waals surface area contributed by atoms with Crippen LogP contribution in [-0.2, 0) is 0 Å². The lowest BCUT2D eigenvalue weighted by Crippen LogP contribution is -2.00. The monoisotopic (exact) mass is 677 g/mol. The van der Waals surface area contributed by atoms with Crippen LogP contribution in [0.2, 0.25) is 0 Å². The van der Waals surface area contributed by atoms with E-state index >= 15 is 0 Å². The zero-order chi connectivity index (χ0) is 35.1. The van der Waals surface area contributed by atoms with Crippen molar-refractivity contribution < 1.29 is 4.42 Å². The van der Waals surface area contributed by atoms with Crippen LogP contribution < -0.4 is 0 Å². The fourth-order valence-electron chi connectivity index (χ4n) is 7.29. The number of aromatic nitrogens is 3. The molecule has 8 aromatic carbocycles. The smallest absolute Gasteiger partial charge is 0.164 e. The number of rotatable bonds is 6. The summed E-state index contributed by atoms with van der Waals surface area (Å²) in [7, 11) is 0. The van der Waals surface area contributed by atoms with Gasteiger partial charge in [0.05, 0.1) is 0 Å². The first-order valence-electron chi connectivity index (χ1n) is 17.8. The molecule has 0 radical (unpaired) electrons. The predicted octanol–water partition coefficient (Wildman–Crippen LogP) is 12.9. The van der Waals surface area contributed by atoms with Gasteiger partial charge in [-0.3, -0.25) is 0 Å². The van der Waals surface area contributed by atoms with Gasteiger partial charge < -0.3 is 4.42 Å². The standard InChI is InChI=1S/C49H31N3O/c1-3-13-34(14-4-1)41-20-11-23-44-45(41)43-22-10-21-42(46(43)53-44)39-18-9-19-40(31-39)49-51-47(35-15-5-2-6-16-35)50-48(52-49)36-27-24-33(25-28-36)38-29-26-32-12-7-8-17-37(32)30-38/h1-31H. The maximum atomic E-state index is 6.62. The largest absolute Gasteiger partial charge is 0.455 e. The average molecular weight is 678 g/mol. The summed E-state index contributed by atoms with van der Waals surface area (Å²) in [6.07, 6.45) is 0. The Bertz CT molecular complexity index is 2930. The highest BCUT2D eigenvalue weighted by Gasteiger charge is 2.18. The van der Waals surface area contributed by atoms with Crippen molar-refractivity contribution in [3.8, 4) is 67.5 Å². The van der Waals surface area contributed by atoms with Crippen LogP contribution in [0.15, 0.2) is 192 Å². The summed E-state index contributed by atoms with van der Waals surface area (Å²) in [4.78, 5) is 15.1. The summed E-state index contributed by atoms with van der Waals surface area (Å²) >= 11 is 0. The van der Waals surface area contributed by atoms with Crippen molar-refractivity contribution >= 4 is 32.7 Å². The van der Waals surface area contributed by atoms with Gasteiger partial charge in [-0.05, 0) is 56.8 Å². The summed E-state index contributed by atoms with van der Waals surface area (Å²) in [5.74, 6) is 1.86. The normalized spacial score (nSPS) is 11.4. The van der Waals surface area contributed by atoms with Crippen molar-refractivity contribution in [1.29, 1.82) is 0 Å². The summed E-state index contributed by atoms with van der Waals surface area (Å²) in [6.45, 7) is 0. The van der Waals surface area contributed by atoms with Crippen LogP contribution in [-0.4, -0.2) is 15.0 Å². The van der Waals surface area contributed by atoms with Crippen LogP contribution in [0.5, 0.6) is 0 Å². The van der Waals surface area contributed by atoms with E-state index in [9.17, 15) is 0 Å². The zero-order valence-electron chi connectivity index (χ0n) is 28.6. The summed E-state index contributed by atoms with van der Waals surface area (Å²) in [5.41, 5.74) is 11.1. The summed E-state index contributed by atoms with van der Waals surface area (Å²) in [5, 5.41) is 4.66. The lowest BCUT2D eigenvalue weighted by molar-refractivity contribution is 0.670.